The Morgan fingerprint density at radius 2 is 2.07 bits per heavy atom. The molecule has 0 aromatic rings. The summed E-state index contributed by atoms with van der Waals surface area (Å²) in [5, 5.41) is 3.31. The average molecular weight is 210 g/mol. The topological polar surface area (TPSA) is 15.3 Å². The van der Waals surface area contributed by atoms with E-state index in [0.29, 0.717) is 0 Å². The highest BCUT2D eigenvalue weighted by atomic mass is 15.2. The molecule has 2 atom stereocenters. The Bertz CT molecular complexity index is 189. The largest absolute Gasteiger partial charge is 0.319 e. The van der Waals surface area contributed by atoms with Crippen LogP contribution in [0.4, 0.5) is 0 Å². The molecule has 1 aliphatic heterocycles. The molecule has 2 heteroatoms. The molecule has 1 saturated heterocycles. The molecule has 0 bridgehead atoms. The summed E-state index contributed by atoms with van der Waals surface area (Å²) in [6, 6.07) is 0.831. The third-order valence-electron chi connectivity index (χ3n) is 4.33. The molecule has 1 aliphatic carbocycles. The first kappa shape index (κ1) is 11.4. The number of hydrogen-bond donors (Lipinski definition) is 1. The minimum Gasteiger partial charge on any atom is -0.319 e. The van der Waals surface area contributed by atoms with Crippen LogP contribution in [-0.2, 0) is 0 Å². The zero-order valence-electron chi connectivity index (χ0n) is 10.3. The summed E-state index contributed by atoms with van der Waals surface area (Å²) in [5.74, 6) is 1.96. The van der Waals surface area contributed by atoms with E-state index in [4.69, 9.17) is 0 Å². The third-order valence-corrected chi connectivity index (χ3v) is 4.33. The van der Waals surface area contributed by atoms with Crippen LogP contribution >= 0.6 is 0 Å². The summed E-state index contributed by atoms with van der Waals surface area (Å²) in [5.41, 5.74) is 0. The molecule has 88 valence electrons. The monoisotopic (exact) mass is 210 g/mol. The molecule has 0 radical (unpaired) electrons. The van der Waals surface area contributed by atoms with Gasteiger partial charge in [-0.2, -0.15) is 0 Å². The number of nitrogens with one attached hydrogen (secondary N) is 1. The maximum Gasteiger partial charge on any atom is 0.00696 e. The van der Waals surface area contributed by atoms with Crippen LogP contribution in [0.25, 0.3) is 0 Å². The number of likely N-dealkylation sites (tertiary alicyclic amines) is 1. The van der Waals surface area contributed by atoms with Crippen molar-refractivity contribution in [1.82, 2.24) is 10.2 Å². The van der Waals surface area contributed by atoms with Gasteiger partial charge in [0.1, 0.15) is 0 Å². The molecule has 2 rings (SSSR count). The minimum atomic E-state index is 0.831. The van der Waals surface area contributed by atoms with E-state index in [1.54, 1.807) is 0 Å². The standard InChI is InChI=1S/C13H26N2/c1-11(8-12-4-3-5-12)15-7-6-13(10-15)9-14-2/h11-14H,3-10H2,1-2H3. The Balaban J connectivity index is 1.69. The van der Waals surface area contributed by atoms with Gasteiger partial charge in [0.2, 0.25) is 0 Å². The van der Waals surface area contributed by atoms with Crippen molar-refractivity contribution < 1.29 is 0 Å². The first-order valence-electron chi connectivity index (χ1n) is 6.68. The molecule has 15 heavy (non-hydrogen) atoms. The van der Waals surface area contributed by atoms with Gasteiger partial charge in [-0.25, -0.2) is 0 Å². The summed E-state index contributed by atoms with van der Waals surface area (Å²) in [7, 11) is 2.07. The van der Waals surface area contributed by atoms with Crippen molar-refractivity contribution in [2.24, 2.45) is 11.8 Å². The van der Waals surface area contributed by atoms with Gasteiger partial charge < -0.3 is 10.2 Å². The van der Waals surface area contributed by atoms with Crippen LogP contribution in [0.2, 0.25) is 0 Å². The molecule has 1 heterocycles. The van der Waals surface area contributed by atoms with E-state index in [1.165, 1.54) is 51.7 Å². The Morgan fingerprint density at radius 1 is 1.27 bits per heavy atom. The normalized spacial score (nSPS) is 30.4. The molecule has 0 aromatic heterocycles. The lowest BCUT2D eigenvalue weighted by Gasteiger charge is -2.32. The molecule has 2 fully saturated rings. The van der Waals surface area contributed by atoms with Crippen LogP contribution in [0.15, 0.2) is 0 Å². The second-order valence-corrected chi connectivity index (χ2v) is 5.59. The van der Waals surface area contributed by atoms with Crippen molar-refractivity contribution in [3.05, 3.63) is 0 Å². The lowest BCUT2D eigenvalue weighted by Crippen LogP contribution is -2.34. The van der Waals surface area contributed by atoms with Crippen LogP contribution < -0.4 is 5.32 Å². The van der Waals surface area contributed by atoms with Gasteiger partial charge in [0.15, 0.2) is 0 Å². The van der Waals surface area contributed by atoms with E-state index in [1.807, 2.05) is 0 Å². The van der Waals surface area contributed by atoms with Crippen LogP contribution in [0.3, 0.4) is 0 Å². The van der Waals surface area contributed by atoms with Gasteiger partial charge in [0, 0.05) is 12.6 Å². The van der Waals surface area contributed by atoms with Crippen LogP contribution in [0.5, 0.6) is 0 Å². The van der Waals surface area contributed by atoms with Crippen molar-refractivity contribution in [2.45, 2.75) is 45.1 Å². The number of hydrogen-bond acceptors (Lipinski definition) is 2. The van der Waals surface area contributed by atoms with Gasteiger partial charge in [-0.1, -0.05) is 19.3 Å². The first-order valence-corrected chi connectivity index (χ1v) is 6.68. The smallest absolute Gasteiger partial charge is 0.00696 e. The molecular formula is C13H26N2. The van der Waals surface area contributed by atoms with Crippen molar-refractivity contribution >= 4 is 0 Å². The average Bonchev–Trinajstić information content (AvgIpc) is 2.60. The van der Waals surface area contributed by atoms with Gasteiger partial charge in [0.25, 0.3) is 0 Å². The zero-order valence-corrected chi connectivity index (χ0v) is 10.3. The first-order chi connectivity index (χ1) is 7.29. The van der Waals surface area contributed by atoms with Crippen molar-refractivity contribution in [1.29, 1.82) is 0 Å². The maximum atomic E-state index is 3.31. The highest BCUT2D eigenvalue weighted by molar-refractivity contribution is 4.83. The Hall–Kier alpha value is -0.0800. The molecule has 2 aliphatic rings. The lowest BCUT2D eigenvalue weighted by molar-refractivity contribution is 0.176. The van der Waals surface area contributed by atoms with Gasteiger partial charge in [-0.05, 0) is 51.7 Å². The van der Waals surface area contributed by atoms with Crippen molar-refractivity contribution in [3.8, 4) is 0 Å². The van der Waals surface area contributed by atoms with E-state index in [2.05, 4.69) is 24.2 Å². The minimum absolute atomic E-state index is 0.831. The van der Waals surface area contributed by atoms with Crippen LogP contribution in [0.1, 0.15) is 39.0 Å². The van der Waals surface area contributed by atoms with Gasteiger partial charge >= 0.3 is 0 Å². The van der Waals surface area contributed by atoms with Crippen LogP contribution in [-0.4, -0.2) is 37.6 Å². The maximum absolute atomic E-state index is 3.31. The van der Waals surface area contributed by atoms with Gasteiger partial charge in [-0.15, -0.1) is 0 Å². The Kier molecular flexibility index (Phi) is 4.04. The fourth-order valence-electron chi connectivity index (χ4n) is 3.08. The van der Waals surface area contributed by atoms with E-state index >= 15 is 0 Å². The molecule has 0 spiro atoms. The molecule has 2 nitrogen and oxygen atoms in total. The predicted octanol–water partition coefficient (Wildman–Crippen LogP) is 2.11. The van der Waals surface area contributed by atoms with E-state index in [9.17, 15) is 0 Å². The van der Waals surface area contributed by atoms with Crippen molar-refractivity contribution in [2.75, 3.05) is 26.7 Å². The van der Waals surface area contributed by atoms with Gasteiger partial charge in [-0.3, -0.25) is 0 Å². The summed E-state index contributed by atoms with van der Waals surface area (Å²) in [6.45, 7) is 6.29. The quantitative estimate of drug-likeness (QED) is 0.747. The Morgan fingerprint density at radius 3 is 2.67 bits per heavy atom. The van der Waals surface area contributed by atoms with E-state index in [0.717, 1.165) is 17.9 Å². The summed E-state index contributed by atoms with van der Waals surface area (Å²) in [4.78, 5) is 2.71. The highest BCUT2D eigenvalue weighted by Gasteiger charge is 2.28. The summed E-state index contributed by atoms with van der Waals surface area (Å²) < 4.78 is 0. The highest BCUT2D eigenvalue weighted by Crippen LogP contribution is 2.32. The third kappa shape index (κ3) is 2.94. The van der Waals surface area contributed by atoms with Gasteiger partial charge in [0.05, 0.1) is 0 Å². The zero-order chi connectivity index (χ0) is 10.7. The fourth-order valence-corrected chi connectivity index (χ4v) is 3.08. The second kappa shape index (κ2) is 5.31. The predicted molar refractivity (Wildman–Crippen MR) is 65.0 cm³/mol. The van der Waals surface area contributed by atoms with Crippen LogP contribution in [0, 0.1) is 11.8 Å². The molecular weight excluding hydrogens is 184 g/mol. The van der Waals surface area contributed by atoms with E-state index < -0.39 is 0 Å². The molecule has 1 saturated carbocycles. The SMILES string of the molecule is CNCC1CCN(C(C)CC2CCC2)C1. The molecule has 0 aromatic carbocycles. The fraction of sp³-hybridized carbons (Fsp3) is 1.00. The van der Waals surface area contributed by atoms with E-state index in [-0.39, 0.29) is 0 Å². The molecule has 1 N–H and O–H groups in total. The summed E-state index contributed by atoms with van der Waals surface area (Å²) >= 11 is 0. The Labute approximate surface area is 94.4 Å². The number of rotatable bonds is 5. The molecule has 2 unspecified atom stereocenters. The summed E-state index contributed by atoms with van der Waals surface area (Å²) in [6.07, 6.45) is 7.33. The van der Waals surface area contributed by atoms with Crippen molar-refractivity contribution in [3.63, 3.8) is 0 Å². The number of nitrogens with zero attached hydrogens (tertiary/aromatic N) is 1. The second-order valence-electron chi connectivity index (χ2n) is 5.59. The molecule has 0 amide bonds. The lowest BCUT2D eigenvalue weighted by atomic mass is 9.81.